The second-order valence-corrected chi connectivity index (χ2v) is 5.26. The summed E-state index contributed by atoms with van der Waals surface area (Å²) in [5.74, 6) is 2.78. The molecule has 0 radical (unpaired) electrons. The van der Waals surface area contributed by atoms with Gasteiger partial charge in [-0.25, -0.2) is 0 Å². The molecule has 0 spiro atoms. The van der Waals surface area contributed by atoms with Gasteiger partial charge in [-0.2, -0.15) is 0 Å². The predicted molar refractivity (Wildman–Crippen MR) is 75.0 cm³/mol. The molecule has 1 fully saturated rings. The van der Waals surface area contributed by atoms with Gasteiger partial charge >= 0.3 is 0 Å². The lowest BCUT2D eigenvalue weighted by Crippen LogP contribution is -2.58. The zero-order chi connectivity index (χ0) is 12.7. The molecule has 2 unspecified atom stereocenters. The minimum atomic E-state index is 0.267. The summed E-state index contributed by atoms with van der Waals surface area (Å²) in [5.41, 5.74) is 0.267. The quantitative estimate of drug-likeness (QED) is 0.684. The van der Waals surface area contributed by atoms with Crippen molar-refractivity contribution in [1.82, 2.24) is 10.2 Å². The molecule has 1 aliphatic heterocycles. The molecule has 17 heavy (non-hydrogen) atoms. The van der Waals surface area contributed by atoms with Crippen molar-refractivity contribution in [2.45, 2.75) is 64.5 Å². The SMILES string of the molecule is C#CCCC(NCC)C(C)(CC)N1CCCC1. The van der Waals surface area contributed by atoms with Gasteiger partial charge in [-0.15, -0.1) is 12.3 Å². The van der Waals surface area contributed by atoms with Gasteiger partial charge in [0.25, 0.3) is 0 Å². The van der Waals surface area contributed by atoms with Gasteiger partial charge in [0.2, 0.25) is 0 Å². The third-order valence-electron chi connectivity index (χ3n) is 4.32. The number of hydrogen-bond acceptors (Lipinski definition) is 2. The summed E-state index contributed by atoms with van der Waals surface area (Å²) >= 11 is 0. The van der Waals surface area contributed by atoms with Crippen molar-refractivity contribution in [2.24, 2.45) is 0 Å². The van der Waals surface area contributed by atoms with Crippen molar-refractivity contribution in [3.63, 3.8) is 0 Å². The molecule has 2 atom stereocenters. The normalized spacial score (nSPS) is 22.0. The lowest BCUT2D eigenvalue weighted by molar-refractivity contribution is 0.0816. The van der Waals surface area contributed by atoms with E-state index in [0.29, 0.717) is 6.04 Å². The molecule has 1 heterocycles. The molecule has 2 heteroatoms. The van der Waals surface area contributed by atoms with Crippen LogP contribution in [0.4, 0.5) is 0 Å². The molecule has 0 saturated carbocycles. The summed E-state index contributed by atoms with van der Waals surface area (Å²) in [4.78, 5) is 2.66. The lowest BCUT2D eigenvalue weighted by Gasteiger charge is -2.45. The fraction of sp³-hybridized carbons (Fsp3) is 0.867. The molecule has 0 amide bonds. The smallest absolute Gasteiger partial charge is 0.0332 e. The minimum absolute atomic E-state index is 0.267. The van der Waals surface area contributed by atoms with Crippen LogP contribution in [-0.2, 0) is 0 Å². The molecule has 98 valence electrons. The van der Waals surface area contributed by atoms with Gasteiger partial charge in [-0.05, 0) is 52.2 Å². The Bertz CT molecular complexity index is 250. The highest BCUT2D eigenvalue weighted by atomic mass is 15.2. The van der Waals surface area contributed by atoms with Crippen LogP contribution in [0, 0.1) is 12.3 Å². The molecule has 0 aromatic carbocycles. The summed E-state index contributed by atoms with van der Waals surface area (Å²) in [6, 6.07) is 0.520. The van der Waals surface area contributed by atoms with Crippen LogP contribution in [-0.4, -0.2) is 36.1 Å². The van der Waals surface area contributed by atoms with E-state index < -0.39 is 0 Å². The van der Waals surface area contributed by atoms with Crippen LogP contribution in [0.15, 0.2) is 0 Å². The van der Waals surface area contributed by atoms with Crippen molar-refractivity contribution in [1.29, 1.82) is 0 Å². The first-order valence-electron chi connectivity index (χ1n) is 7.11. The second kappa shape index (κ2) is 7.03. The van der Waals surface area contributed by atoms with Gasteiger partial charge in [-0.3, -0.25) is 4.90 Å². The number of nitrogens with zero attached hydrogens (tertiary/aromatic N) is 1. The monoisotopic (exact) mass is 236 g/mol. The molecule has 0 bridgehead atoms. The Balaban J connectivity index is 2.73. The topological polar surface area (TPSA) is 15.3 Å². The predicted octanol–water partition coefficient (Wildman–Crippen LogP) is 2.64. The van der Waals surface area contributed by atoms with E-state index in [9.17, 15) is 0 Å². The lowest BCUT2D eigenvalue weighted by atomic mass is 9.84. The van der Waals surface area contributed by atoms with E-state index in [-0.39, 0.29) is 5.54 Å². The molecule has 0 aromatic heterocycles. The third-order valence-corrected chi connectivity index (χ3v) is 4.32. The van der Waals surface area contributed by atoms with Gasteiger partial charge in [0, 0.05) is 18.0 Å². The van der Waals surface area contributed by atoms with Crippen LogP contribution in [0.25, 0.3) is 0 Å². The van der Waals surface area contributed by atoms with Crippen LogP contribution in [0.3, 0.4) is 0 Å². The first-order chi connectivity index (χ1) is 8.19. The maximum Gasteiger partial charge on any atom is 0.0332 e. The van der Waals surface area contributed by atoms with Crippen molar-refractivity contribution >= 4 is 0 Å². The molecular weight excluding hydrogens is 208 g/mol. The molecular formula is C15H28N2. The minimum Gasteiger partial charge on any atom is -0.312 e. The molecule has 1 rings (SSSR count). The Hall–Kier alpha value is -0.520. The average molecular weight is 236 g/mol. The Kier molecular flexibility index (Phi) is 6.02. The highest BCUT2D eigenvalue weighted by Gasteiger charge is 2.38. The number of likely N-dealkylation sites (tertiary alicyclic amines) is 1. The molecule has 0 aliphatic carbocycles. The van der Waals surface area contributed by atoms with E-state index in [0.717, 1.165) is 19.4 Å². The van der Waals surface area contributed by atoms with Crippen molar-refractivity contribution in [3.05, 3.63) is 0 Å². The van der Waals surface area contributed by atoms with Crippen LogP contribution in [0.2, 0.25) is 0 Å². The summed E-state index contributed by atoms with van der Waals surface area (Å²) in [6.45, 7) is 10.4. The number of likely N-dealkylation sites (N-methyl/N-ethyl adjacent to an activating group) is 1. The highest BCUT2D eigenvalue weighted by molar-refractivity contribution is 4.99. The van der Waals surface area contributed by atoms with Gasteiger partial charge in [0.05, 0.1) is 0 Å². The van der Waals surface area contributed by atoms with Gasteiger partial charge < -0.3 is 5.32 Å². The third kappa shape index (κ3) is 3.47. The van der Waals surface area contributed by atoms with E-state index in [4.69, 9.17) is 6.42 Å². The molecule has 1 N–H and O–H groups in total. The maximum absolute atomic E-state index is 5.42. The molecule has 0 aromatic rings. The molecule has 2 nitrogen and oxygen atoms in total. The van der Waals surface area contributed by atoms with Crippen LogP contribution >= 0.6 is 0 Å². The Morgan fingerprint density at radius 1 is 1.35 bits per heavy atom. The van der Waals surface area contributed by atoms with Crippen molar-refractivity contribution < 1.29 is 0 Å². The Morgan fingerprint density at radius 2 is 2.00 bits per heavy atom. The summed E-state index contributed by atoms with van der Waals surface area (Å²) in [7, 11) is 0. The molecule has 1 aliphatic rings. The largest absolute Gasteiger partial charge is 0.312 e. The average Bonchev–Trinajstić information content (AvgIpc) is 2.87. The summed E-state index contributed by atoms with van der Waals surface area (Å²) in [5, 5.41) is 3.65. The van der Waals surface area contributed by atoms with Gasteiger partial charge in [-0.1, -0.05) is 13.8 Å². The zero-order valence-corrected chi connectivity index (χ0v) is 11.8. The first-order valence-corrected chi connectivity index (χ1v) is 7.11. The molecule has 1 saturated heterocycles. The zero-order valence-electron chi connectivity index (χ0n) is 11.8. The fourth-order valence-corrected chi connectivity index (χ4v) is 3.03. The number of nitrogens with one attached hydrogen (secondary N) is 1. The highest BCUT2D eigenvalue weighted by Crippen LogP contribution is 2.29. The van der Waals surface area contributed by atoms with E-state index in [1.54, 1.807) is 0 Å². The van der Waals surface area contributed by atoms with Crippen LogP contribution < -0.4 is 5.32 Å². The second-order valence-electron chi connectivity index (χ2n) is 5.26. The summed E-state index contributed by atoms with van der Waals surface area (Å²) in [6.07, 6.45) is 11.3. The van der Waals surface area contributed by atoms with Crippen LogP contribution in [0.5, 0.6) is 0 Å². The van der Waals surface area contributed by atoms with E-state index in [1.807, 2.05) is 0 Å². The summed E-state index contributed by atoms with van der Waals surface area (Å²) < 4.78 is 0. The maximum atomic E-state index is 5.42. The van der Waals surface area contributed by atoms with Gasteiger partial charge in [0.15, 0.2) is 0 Å². The Morgan fingerprint density at radius 3 is 2.47 bits per heavy atom. The van der Waals surface area contributed by atoms with E-state index in [1.165, 1.54) is 32.4 Å². The Labute approximate surface area is 107 Å². The van der Waals surface area contributed by atoms with E-state index in [2.05, 4.69) is 36.9 Å². The fourth-order valence-electron chi connectivity index (χ4n) is 3.03. The first kappa shape index (κ1) is 14.5. The number of hydrogen-bond donors (Lipinski definition) is 1. The van der Waals surface area contributed by atoms with Crippen molar-refractivity contribution in [2.75, 3.05) is 19.6 Å². The number of rotatable bonds is 7. The number of terminal acetylenes is 1. The van der Waals surface area contributed by atoms with Crippen molar-refractivity contribution in [3.8, 4) is 12.3 Å². The van der Waals surface area contributed by atoms with Crippen LogP contribution in [0.1, 0.15) is 52.9 Å². The van der Waals surface area contributed by atoms with Gasteiger partial charge in [0.1, 0.15) is 0 Å². The standard InChI is InChI=1S/C15H28N2/c1-5-8-11-14(16-7-3)15(4,6-2)17-12-9-10-13-17/h1,14,16H,6-13H2,2-4H3. The van der Waals surface area contributed by atoms with E-state index >= 15 is 0 Å².